The number of hydrogen-bond acceptors (Lipinski definition) is 3. The highest BCUT2D eigenvalue weighted by atomic mass is 16.5. The van der Waals surface area contributed by atoms with Crippen molar-refractivity contribution in [2.45, 2.75) is 6.92 Å². The molecule has 0 aliphatic carbocycles. The first-order chi connectivity index (χ1) is 8.81. The van der Waals surface area contributed by atoms with E-state index in [1.807, 2.05) is 30.3 Å². The molecule has 3 nitrogen and oxygen atoms in total. The summed E-state index contributed by atoms with van der Waals surface area (Å²) in [7, 11) is 0. The van der Waals surface area contributed by atoms with Crippen molar-refractivity contribution in [2.24, 2.45) is 0 Å². The van der Waals surface area contributed by atoms with E-state index in [0.717, 1.165) is 35.3 Å². The van der Waals surface area contributed by atoms with Gasteiger partial charge in [0, 0.05) is 18.1 Å². The summed E-state index contributed by atoms with van der Waals surface area (Å²) in [5, 5.41) is 4.32. The van der Waals surface area contributed by atoms with E-state index < -0.39 is 0 Å². The van der Waals surface area contributed by atoms with Crippen LogP contribution in [0.2, 0.25) is 0 Å². The van der Waals surface area contributed by atoms with Crippen molar-refractivity contribution in [3.63, 3.8) is 0 Å². The predicted octanol–water partition coefficient (Wildman–Crippen LogP) is 2.78. The van der Waals surface area contributed by atoms with Gasteiger partial charge in [0.05, 0.1) is 0 Å². The van der Waals surface area contributed by atoms with Crippen LogP contribution < -0.4 is 10.1 Å². The average molecular weight is 242 g/mol. The van der Waals surface area contributed by atoms with E-state index >= 15 is 0 Å². The smallest absolute Gasteiger partial charge is 0.146 e. The lowest BCUT2D eigenvalue weighted by molar-refractivity contribution is 0.352. The van der Waals surface area contributed by atoms with Crippen LogP contribution in [0.5, 0.6) is 5.75 Å². The standard InChI is InChI=1S/C15H18N2O/c1-3-16-10-12(2)11-18-14-8-4-6-13-7-5-9-17-15(13)14/h4-9,16H,2-3,10-11H2,1H3. The summed E-state index contributed by atoms with van der Waals surface area (Å²) >= 11 is 0. The maximum Gasteiger partial charge on any atom is 0.146 e. The Kier molecular flexibility index (Phi) is 4.31. The van der Waals surface area contributed by atoms with Gasteiger partial charge in [0.15, 0.2) is 0 Å². The number of rotatable bonds is 6. The fourth-order valence-corrected chi connectivity index (χ4v) is 1.73. The van der Waals surface area contributed by atoms with Gasteiger partial charge in [-0.05, 0) is 24.3 Å². The molecule has 0 bridgehead atoms. The molecule has 0 aliphatic rings. The van der Waals surface area contributed by atoms with Crippen LogP contribution in [-0.4, -0.2) is 24.7 Å². The summed E-state index contributed by atoms with van der Waals surface area (Å²) in [5.41, 5.74) is 1.93. The minimum absolute atomic E-state index is 0.517. The maximum atomic E-state index is 5.78. The molecule has 1 aromatic carbocycles. The van der Waals surface area contributed by atoms with E-state index in [9.17, 15) is 0 Å². The molecular formula is C15H18N2O. The molecule has 0 amide bonds. The Labute approximate surface area is 107 Å². The van der Waals surface area contributed by atoms with Crippen molar-refractivity contribution >= 4 is 10.9 Å². The predicted molar refractivity (Wildman–Crippen MR) is 74.9 cm³/mol. The van der Waals surface area contributed by atoms with Crippen molar-refractivity contribution in [3.8, 4) is 5.75 Å². The summed E-state index contributed by atoms with van der Waals surface area (Å²) in [6, 6.07) is 9.91. The minimum Gasteiger partial charge on any atom is -0.487 e. The monoisotopic (exact) mass is 242 g/mol. The van der Waals surface area contributed by atoms with Gasteiger partial charge in [0.2, 0.25) is 0 Å². The number of pyridine rings is 1. The summed E-state index contributed by atoms with van der Waals surface area (Å²) in [4.78, 5) is 4.35. The van der Waals surface area contributed by atoms with Gasteiger partial charge in [0.1, 0.15) is 17.9 Å². The zero-order chi connectivity index (χ0) is 12.8. The van der Waals surface area contributed by atoms with Crippen LogP contribution in [0.3, 0.4) is 0 Å². The molecule has 1 N–H and O–H groups in total. The SMILES string of the molecule is C=C(CNCC)COc1cccc2cccnc12. The largest absolute Gasteiger partial charge is 0.487 e. The number of hydrogen-bond donors (Lipinski definition) is 1. The lowest BCUT2D eigenvalue weighted by Crippen LogP contribution is -2.18. The topological polar surface area (TPSA) is 34.1 Å². The van der Waals surface area contributed by atoms with E-state index in [1.165, 1.54) is 0 Å². The van der Waals surface area contributed by atoms with Crippen LogP contribution in [0.15, 0.2) is 48.7 Å². The molecule has 94 valence electrons. The molecule has 0 fully saturated rings. The first kappa shape index (κ1) is 12.6. The summed E-state index contributed by atoms with van der Waals surface area (Å²) in [6.07, 6.45) is 1.78. The Morgan fingerprint density at radius 3 is 3.00 bits per heavy atom. The molecule has 0 saturated carbocycles. The third-order valence-electron chi connectivity index (χ3n) is 2.65. The Bertz CT molecular complexity index is 532. The second kappa shape index (κ2) is 6.17. The first-order valence-corrected chi connectivity index (χ1v) is 6.15. The van der Waals surface area contributed by atoms with Gasteiger partial charge in [-0.1, -0.05) is 31.7 Å². The lowest BCUT2D eigenvalue weighted by Gasteiger charge is -2.10. The molecule has 2 aromatic rings. The summed E-state index contributed by atoms with van der Waals surface area (Å²) in [6.45, 7) is 8.29. The highest BCUT2D eigenvalue weighted by Crippen LogP contribution is 2.23. The van der Waals surface area contributed by atoms with Gasteiger partial charge in [-0.25, -0.2) is 0 Å². The fourth-order valence-electron chi connectivity index (χ4n) is 1.73. The molecule has 0 radical (unpaired) electrons. The third kappa shape index (κ3) is 3.08. The summed E-state index contributed by atoms with van der Waals surface area (Å²) < 4.78 is 5.78. The molecular weight excluding hydrogens is 224 g/mol. The molecule has 0 saturated heterocycles. The second-order valence-electron chi connectivity index (χ2n) is 4.15. The van der Waals surface area contributed by atoms with Gasteiger partial charge < -0.3 is 10.1 Å². The average Bonchev–Trinajstić information content (AvgIpc) is 2.42. The van der Waals surface area contributed by atoms with E-state index in [0.29, 0.717) is 6.61 Å². The van der Waals surface area contributed by atoms with Crippen molar-refractivity contribution in [2.75, 3.05) is 19.7 Å². The van der Waals surface area contributed by atoms with Crippen LogP contribution >= 0.6 is 0 Å². The molecule has 0 unspecified atom stereocenters. The van der Waals surface area contributed by atoms with Gasteiger partial charge in [-0.3, -0.25) is 4.98 Å². The number of nitrogens with zero attached hydrogens (tertiary/aromatic N) is 1. The molecule has 3 heteroatoms. The second-order valence-corrected chi connectivity index (χ2v) is 4.15. The normalized spacial score (nSPS) is 10.5. The number of para-hydroxylation sites is 1. The number of likely N-dealkylation sites (N-methyl/N-ethyl adjacent to an activating group) is 1. The highest BCUT2D eigenvalue weighted by Gasteiger charge is 2.03. The zero-order valence-corrected chi connectivity index (χ0v) is 10.6. The molecule has 0 aliphatic heterocycles. The number of aromatic nitrogens is 1. The Morgan fingerprint density at radius 2 is 2.17 bits per heavy atom. The van der Waals surface area contributed by atoms with E-state index in [1.54, 1.807) is 6.20 Å². The zero-order valence-electron chi connectivity index (χ0n) is 10.6. The van der Waals surface area contributed by atoms with E-state index in [2.05, 4.69) is 23.8 Å². The number of nitrogens with one attached hydrogen (secondary N) is 1. The van der Waals surface area contributed by atoms with Gasteiger partial charge in [-0.15, -0.1) is 0 Å². The highest BCUT2D eigenvalue weighted by molar-refractivity contribution is 5.84. The lowest BCUT2D eigenvalue weighted by atomic mass is 10.2. The van der Waals surface area contributed by atoms with Crippen molar-refractivity contribution < 1.29 is 4.74 Å². The van der Waals surface area contributed by atoms with Crippen LogP contribution in [0.1, 0.15) is 6.92 Å². The number of benzene rings is 1. The molecule has 18 heavy (non-hydrogen) atoms. The van der Waals surface area contributed by atoms with Crippen LogP contribution in [0, 0.1) is 0 Å². The van der Waals surface area contributed by atoms with E-state index in [-0.39, 0.29) is 0 Å². The molecule has 1 aromatic heterocycles. The molecule has 0 atom stereocenters. The minimum atomic E-state index is 0.517. The van der Waals surface area contributed by atoms with Crippen LogP contribution in [0.4, 0.5) is 0 Å². The van der Waals surface area contributed by atoms with Crippen molar-refractivity contribution in [3.05, 3.63) is 48.7 Å². The number of ether oxygens (including phenoxy) is 1. The van der Waals surface area contributed by atoms with E-state index in [4.69, 9.17) is 4.74 Å². The molecule has 0 spiro atoms. The first-order valence-electron chi connectivity index (χ1n) is 6.15. The third-order valence-corrected chi connectivity index (χ3v) is 2.65. The van der Waals surface area contributed by atoms with Gasteiger partial charge in [-0.2, -0.15) is 0 Å². The van der Waals surface area contributed by atoms with Gasteiger partial charge >= 0.3 is 0 Å². The van der Waals surface area contributed by atoms with Crippen molar-refractivity contribution in [1.29, 1.82) is 0 Å². The van der Waals surface area contributed by atoms with Crippen LogP contribution in [0.25, 0.3) is 10.9 Å². The molecule has 1 heterocycles. The Balaban J connectivity index is 2.05. The number of fused-ring (bicyclic) bond motifs is 1. The van der Waals surface area contributed by atoms with Crippen molar-refractivity contribution in [1.82, 2.24) is 10.3 Å². The maximum absolute atomic E-state index is 5.78. The summed E-state index contributed by atoms with van der Waals surface area (Å²) in [5.74, 6) is 0.811. The fraction of sp³-hybridized carbons (Fsp3) is 0.267. The quantitative estimate of drug-likeness (QED) is 0.791. The van der Waals surface area contributed by atoms with Gasteiger partial charge in [0.25, 0.3) is 0 Å². The Morgan fingerprint density at radius 1 is 1.33 bits per heavy atom. The van der Waals surface area contributed by atoms with Crippen LogP contribution in [-0.2, 0) is 0 Å². The Hall–Kier alpha value is -1.87. The molecule has 2 rings (SSSR count).